The Kier molecular flexibility index (Phi) is 3.94. The molecule has 4 aromatic rings. The van der Waals surface area contributed by atoms with E-state index in [4.69, 9.17) is 4.42 Å². The van der Waals surface area contributed by atoms with Crippen LogP contribution in [0.15, 0.2) is 59.3 Å². The summed E-state index contributed by atoms with van der Waals surface area (Å²) < 4.78 is 31.7. The number of rotatable bonds is 4. The first-order valence-corrected chi connectivity index (χ1v) is 10.7. The second-order valence-corrected chi connectivity index (χ2v) is 8.78. The fraction of sp³-hybridized carbons (Fsp3) is 0.200. The van der Waals surface area contributed by atoms with E-state index in [0.29, 0.717) is 36.6 Å². The molecule has 0 unspecified atom stereocenters. The maximum Gasteiger partial charge on any atom is 0.235 e. The van der Waals surface area contributed by atoms with Crippen LogP contribution in [0.5, 0.6) is 0 Å². The van der Waals surface area contributed by atoms with Gasteiger partial charge in [-0.2, -0.15) is 0 Å². The van der Waals surface area contributed by atoms with Gasteiger partial charge in [-0.05, 0) is 36.2 Å². The van der Waals surface area contributed by atoms with Gasteiger partial charge in [0.25, 0.3) is 0 Å². The van der Waals surface area contributed by atoms with Crippen LogP contribution < -0.4 is 9.62 Å². The van der Waals surface area contributed by atoms with Crippen LogP contribution in [0.2, 0.25) is 0 Å². The van der Waals surface area contributed by atoms with E-state index >= 15 is 0 Å². The van der Waals surface area contributed by atoms with Gasteiger partial charge in [0.05, 0.1) is 11.4 Å². The first kappa shape index (κ1) is 17.0. The number of furan rings is 1. The molecular formula is C20H18N4O3S. The zero-order valence-electron chi connectivity index (χ0n) is 15.0. The molecule has 28 heavy (non-hydrogen) atoms. The van der Waals surface area contributed by atoms with Crippen molar-refractivity contribution in [3.63, 3.8) is 0 Å². The van der Waals surface area contributed by atoms with Gasteiger partial charge in [0.15, 0.2) is 11.4 Å². The van der Waals surface area contributed by atoms with Crippen molar-refractivity contribution < 1.29 is 12.8 Å². The molecule has 3 heterocycles. The number of sulfonamides is 1. The van der Waals surface area contributed by atoms with E-state index < -0.39 is 10.0 Å². The van der Waals surface area contributed by atoms with Crippen LogP contribution in [-0.2, 0) is 16.6 Å². The summed E-state index contributed by atoms with van der Waals surface area (Å²) in [5.41, 5.74) is 3.81. The summed E-state index contributed by atoms with van der Waals surface area (Å²) >= 11 is 0. The molecule has 7 nitrogen and oxygen atoms in total. The van der Waals surface area contributed by atoms with Crippen LogP contribution in [0, 0.1) is 0 Å². The minimum atomic E-state index is -3.19. The topological polar surface area (TPSA) is 88.3 Å². The lowest BCUT2D eigenvalue weighted by Crippen LogP contribution is -2.25. The molecule has 1 N–H and O–H groups in total. The first-order chi connectivity index (χ1) is 13.6. The number of benzene rings is 2. The third kappa shape index (κ3) is 2.86. The lowest BCUT2D eigenvalue weighted by atomic mass is 10.2. The lowest BCUT2D eigenvalue weighted by Gasteiger charge is -2.17. The number of aromatic nitrogens is 2. The highest BCUT2D eigenvalue weighted by atomic mass is 32.2. The fourth-order valence-electron chi connectivity index (χ4n) is 3.59. The van der Waals surface area contributed by atoms with Crippen molar-refractivity contribution in [2.45, 2.75) is 13.0 Å². The van der Waals surface area contributed by atoms with Gasteiger partial charge in [-0.1, -0.05) is 24.3 Å². The molecule has 0 amide bonds. The summed E-state index contributed by atoms with van der Waals surface area (Å²) in [6, 6.07) is 15.3. The van der Waals surface area contributed by atoms with Crippen molar-refractivity contribution in [1.82, 2.24) is 9.97 Å². The number of anilines is 2. The van der Waals surface area contributed by atoms with Gasteiger partial charge in [0, 0.05) is 18.5 Å². The smallest absolute Gasteiger partial charge is 0.235 e. The minimum absolute atomic E-state index is 0.209. The molecule has 5 rings (SSSR count). The molecule has 142 valence electrons. The SMILES string of the molecule is O=S1(=O)CCCN1c1cccc(CNc2ncnc3c2oc2ccccc23)c1. The van der Waals surface area contributed by atoms with E-state index in [1.165, 1.54) is 10.6 Å². The average Bonchev–Trinajstić information content (AvgIpc) is 3.26. The number of nitrogens with zero attached hydrogens (tertiary/aromatic N) is 3. The Morgan fingerprint density at radius 1 is 1.11 bits per heavy atom. The number of hydrogen-bond donors (Lipinski definition) is 1. The lowest BCUT2D eigenvalue weighted by molar-refractivity contribution is 0.599. The average molecular weight is 394 g/mol. The molecule has 0 radical (unpaired) electrons. The van der Waals surface area contributed by atoms with Crippen molar-refractivity contribution in [2.24, 2.45) is 0 Å². The van der Waals surface area contributed by atoms with Crippen LogP contribution in [0.1, 0.15) is 12.0 Å². The molecule has 0 bridgehead atoms. The molecule has 1 saturated heterocycles. The number of nitrogens with one attached hydrogen (secondary N) is 1. The van der Waals surface area contributed by atoms with Gasteiger partial charge < -0.3 is 9.73 Å². The molecule has 0 spiro atoms. The number of fused-ring (bicyclic) bond motifs is 3. The van der Waals surface area contributed by atoms with E-state index in [1.54, 1.807) is 0 Å². The molecular weight excluding hydrogens is 376 g/mol. The zero-order valence-corrected chi connectivity index (χ0v) is 15.8. The summed E-state index contributed by atoms with van der Waals surface area (Å²) in [5, 5.41) is 4.24. The van der Waals surface area contributed by atoms with Crippen molar-refractivity contribution in [3.05, 3.63) is 60.4 Å². The Bertz CT molecular complexity index is 1280. The first-order valence-electron chi connectivity index (χ1n) is 9.07. The van der Waals surface area contributed by atoms with E-state index in [2.05, 4.69) is 15.3 Å². The van der Waals surface area contributed by atoms with E-state index in [-0.39, 0.29) is 5.75 Å². The third-order valence-corrected chi connectivity index (χ3v) is 6.79. The third-order valence-electron chi connectivity index (χ3n) is 4.92. The van der Waals surface area contributed by atoms with Gasteiger partial charge in [0.1, 0.15) is 17.4 Å². The molecule has 2 aromatic heterocycles. The Morgan fingerprint density at radius 2 is 2.00 bits per heavy atom. The maximum absolute atomic E-state index is 12.2. The summed E-state index contributed by atoms with van der Waals surface area (Å²) in [5.74, 6) is 0.820. The number of hydrogen-bond acceptors (Lipinski definition) is 6. The second kappa shape index (κ2) is 6.49. The normalized spacial score (nSPS) is 16.1. The summed E-state index contributed by atoms with van der Waals surface area (Å²) in [7, 11) is -3.19. The van der Waals surface area contributed by atoms with Crippen molar-refractivity contribution in [1.29, 1.82) is 0 Å². The van der Waals surface area contributed by atoms with Gasteiger partial charge in [0.2, 0.25) is 10.0 Å². The fourth-order valence-corrected chi connectivity index (χ4v) is 5.14. The number of para-hydroxylation sites is 1. The minimum Gasteiger partial charge on any atom is -0.450 e. The predicted molar refractivity (Wildman–Crippen MR) is 109 cm³/mol. The zero-order chi connectivity index (χ0) is 19.1. The molecule has 8 heteroatoms. The quantitative estimate of drug-likeness (QED) is 0.570. The van der Waals surface area contributed by atoms with Crippen LogP contribution >= 0.6 is 0 Å². The molecule has 2 aromatic carbocycles. The summed E-state index contributed by atoms with van der Waals surface area (Å²) in [6.07, 6.45) is 2.18. The highest BCUT2D eigenvalue weighted by molar-refractivity contribution is 7.93. The van der Waals surface area contributed by atoms with E-state index in [0.717, 1.165) is 22.0 Å². The Morgan fingerprint density at radius 3 is 2.86 bits per heavy atom. The molecule has 1 fully saturated rings. The van der Waals surface area contributed by atoms with Gasteiger partial charge in [-0.3, -0.25) is 4.31 Å². The Hall–Kier alpha value is -3.13. The van der Waals surface area contributed by atoms with E-state index in [1.807, 2.05) is 48.5 Å². The van der Waals surface area contributed by atoms with Crippen molar-refractivity contribution in [3.8, 4) is 0 Å². The maximum atomic E-state index is 12.2. The summed E-state index contributed by atoms with van der Waals surface area (Å²) in [6.45, 7) is 1.02. The van der Waals surface area contributed by atoms with Gasteiger partial charge >= 0.3 is 0 Å². The van der Waals surface area contributed by atoms with Crippen LogP contribution in [0.3, 0.4) is 0 Å². The van der Waals surface area contributed by atoms with Gasteiger partial charge in [-0.25, -0.2) is 18.4 Å². The highest BCUT2D eigenvalue weighted by Gasteiger charge is 2.28. The van der Waals surface area contributed by atoms with Crippen molar-refractivity contribution >= 4 is 43.6 Å². The predicted octanol–water partition coefficient (Wildman–Crippen LogP) is 3.53. The Labute approximate surface area is 162 Å². The van der Waals surface area contributed by atoms with Crippen LogP contribution in [0.25, 0.3) is 22.1 Å². The molecule has 1 aliphatic rings. The van der Waals surface area contributed by atoms with Crippen molar-refractivity contribution in [2.75, 3.05) is 21.9 Å². The second-order valence-electron chi connectivity index (χ2n) is 6.76. The molecule has 0 atom stereocenters. The standard InChI is InChI=1S/C20H18N4O3S/c25-28(26)10-4-9-24(28)15-6-3-5-14(11-15)12-21-20-19-18(22-13-23-20)16-7-1-2-8-17(16)27-19/h1-3,5-8,11,13H,4,9-10,12H2,(H,21,22,23). The molecule has 0 saturated carbocycles. The van der Waals surface area contributed by atoms with Crippen LogP contribution in [-0.4, -0.2) is 30.7 Å². The van der Waals surface area contributed by atoms with Gasteiger partial charge in [-0.15, -0.1) is 0 Å². The molecule has 0 aliphatic carbocycles. The van der Waals surface area contributed by atoms with Crippen LogP contribution in [0.4, 0.5) is 11.5 Å². The highest BCUT2D eigenvalue weighted by Crippen LogP contribution is 2.31. The summed E-state index contributed by atoms with van der Waals surface area (Å²) in [4.78, 5) is 8.67. The monoisotopic (exact) mass is 394 g/mol. The molecule has 1 aliphatic heterocycles. The Balaban J connectivity index is 1.43. The van der Waals surface area contributed by atoms with E-state index in [9.17, 15) is 8.42 Å². The largest absolute Gasteiger partial charge is 0.450 e.